The Kier molecular flexibility index (Phi) is 5.86. The molecule has 0 heterocycles. The summed E-state index contributed by atoms with van der Waals surface area (Å²) in [7, 11) is 2.17. The second-order valence-corrected chi connectivity index (χ2v) is 5.42. The smallest absolute Gasteiger partial charge is 0.0374 e. The predicted molar refractivity (Wildman–Crippen MR) is 79.9 cm³/mol. The Bertz CT molecular complexity index is 321. The molecular weight excluding hydrogens is 228 g/mol. The second kappa shape index (κ2) is 6.92. The summed E-state index contributed by atoms with van der Waals surface area (Å²) < 4.78 is 0. The summed E-state index contributed by atoms with van der Waals surface area (Å²) in [6, 6.07) is 9.31. The zero-order chi connectivity index (χ0) is 12.8. The van der Waals surface area contributed by atoms with Crippen LogP contribution in [-0.4, -0.2) is 25.1 Å². The van der Waals surface area contributed by atoms with E-state index >= 15 is 0 Å². The molecule has 17 heavy (non-hydrogen) atoms. The molecule has 2 N–H and O–H groups in total. The van der Waals surface area contributed by atoms with E-state index in [0.29, 0.717) is 6.04 Å². The maximum atomic E-state index is 5.86. The molecule has 0 aliphatic heterocycles. The van der Waals surface area contributed by atoms with Gasteiger partial charge in [0.15, 0.2) is 0 Å². The van der Waals surface area contributed by atoms with E-state index in [0.717, 1.165) is 0 Å². The number of benzene rings is 1. The molecule has 0 bridgehead atoms. The molecule has 2 nitrogen and oxygen atoms in total. The van der Waals surface area contributed by atoms with E-state index in [1.54, 1.807) is 0 Å². The van der Waals surface area contributed by atoms with Gasteiger partial charge in [0.05, 0.1) is 0 Å². The van der Waals surface area contributed by atoms with Crippen molar-refractivity contribution in [2.75, 3.05) is 24.0 Å². The maximum Gasteiger partial charge on any atom is 0.0374 e. The first kappa shape index (κ1) is 14.4. The standard InChI is InChI=1S/C14H24N2S/c1-5-13(10-17-4)16(3)14-8-6-12(7-9-14)11(2)15/h6-9,11,13H,5,10,15H2,1-4H3. The van der Waals surface area contributed by atoms with E-state index in [-0.39, 0.29) is 6.04 Å². The third-order valence-electron chi connectivity index (χ3n) is 3.20. The number of hydrogen-bond donors (Lipinski definition) is 1. The van der Waals surface area contributed by atoms with E-state index in [1.165, 1.54) is 23.4 Å². The molecule has 0 aliphatic rings. The van der Waals surface area contributed by atoms with E-state index < -0.39 is 0 Å². The van der Waals surface area contributed by atoms with Gasteiger partial charge in [-0.2, -0.15) is 11.8 Å². The van der Waals surface area contributed by atoms with Gasteiger partial charge in [-0.25, -0.2) is 0 Å². The molecule has 0 aromatic heterocycles. The highest BCUT2D eigenvalue weighted by Gasteiger charge is 2.12. The van der Waals surface area contributed by atoms with Crippen LogP contribution in [-0.2, 0) is 0 Å². The molecule has 1 rings (SSSR count). The van der Waals surface area contributed by atoms with Crippen molar-refractivity contribution >= 4 is 17.4 Å². The Morgan fingerprint density at radius 1 is 1.29 bits per heavy atom. The van der Waals surface area contributed by atoms with Crippen molar-refractivity contribution in [1.29, 1.82) is 0 Å². The highest BCUT2D eigenvalue weighted by atomic mass is 32.2. The minimum Gasteiger partial charge on any atom is -0.371 e. The molecule has 1 aromatic carbocycles. The van der Waals surface area contributed by atoms with E-state index in [4.69, 9.17) is 5.73 Å². The summed E-state index contributed by atoms with van der Waals surface area (Å²) in [5.41, 5.74) is 8.32. The topological polar surface area (TPSA) is 29.3 Å². The van der Waals surface area contributed by atoms with E-state index in [9.17, 15) is 0 Å². The van der Waals surface area contributed by atoms with Gasteiger partial charge >= 0.3 is 0 Å². The van der Waals surface area contributed by atoms with Crippen molar-refractivity contribution in [3.05, 3.63) is 29.8 Å². The normalized spacial score (nSPS) is 14.4. The second-order valence-electron chi connectivity index (χ2n) is 4.51. The molecule has 0 spiro atoms. The first-order chi connectivity index (χ1) is 8.10. The molecule has 2 unspecified atom stereocenters. The largest absolute Gasteiger partial charge is 0.371 e. The number of nitrogens with zero attached hydrogens (tertiary/aromatic N) is 1. The summed E-state index contributed by atoms with van der Waals surface area (Å²) in [5.74, 6) is 1.17. The Hall–Kier alpha value is -0.670. The van der Waals surface area contributed by atoms with Crippen LogP contribution in [0.5, 0.6) is 0 Å². The molecule has 0 saturated carbocycles. The van der Waals surface area contributed by atoms with Gasteiger partial charge in [0, 0.05) is 30.6 Å². The van der Waals surface area contributed by atoms with Crippen LogP contribution < -0.4 is 10.6 Å². The highest BCUT2D eigenvalue weighted by Crippen LogP contribution is 2.21. The molecule has 0 radical (unpaired) electrons. The number of rotatable bonds is 6. The summed E-state index contributed by atoms with van der Waals surface area (Å²) in [6.07, 6.45) is 3.34. The van der Waals surface area contributed by atoms with E-state index in [2.05, 4.69) is 49.4 Å². The fourth-order valence-corrected chi connectivity index (χ4v) is 2.76. The van der Waals surface area contributed by atoms with Crippen LogP contribution >= 0.6 is 11.8 Å². The molecule has 3 heteroatoms. The fraction of sp³-hybridized carbons (Fsp3) is 0.571. The van der Waals surface area contributed by atoms with Crippen LogP contribution in [0, 0.1) is 0 Å². The SMILES string of the molecule is CCC(CSC)N(C)c1ccc(C(C)N)cc1. The maximum absolute atomic E-state index is 5.86. The molecule has 0 aliphatic carbocycles. The van der Waals surface area contributed by atoms with Crippen molar-refractivity contribution < 1.29 is 0 Å². The average Bonchev–Trinajstić information content (AvgIpc) is 2.35. The lowest BCUT2D eigenvalue weighted by atomic mass is 10.1. The number of nitrogens with two attached hydrogens (primary N) is 1. The van der Waals surface area contributed by atoms with Crippen LogP contribution in [0.15, 0.2) is 24.3 Å². The Labute approximate surface area is 110 Å². The van der Waals surface area contributed by atoms with Gasteiger partial charge < -0.3 is 10.6 Å². The van der Waals surface area contributed by atoms with Gasteiger partial charge in [-0.15, -0.1) is 0 Å². The van der Waals surface area contributed by atoms with Gasteiger partial charge in [0.2, 0.25) is 0 Å². The third kappa shape index (κ3) is 3.93. The molecule has 0 saturated heterocycles. The average molecular weight is 252 g/mol. The molecular formula is C14H24N2S. The summed E-state index contributed by atoms with van der Waals surface area (Å²) >= 11 is 1.90. The zero-order valence-corrected chi connectivity index (χ0v) is 12.1. The summed E-state index contributed by atoms with van der Waals surface area (Å²) in [4.78, 5) is 2.36. The van der Waals surface area contributed by atoms with Gasteiger partial charge in [0.25, 0.3) is 0 Å². The Balaban J connectivity index is 2.77. The lowest BCUT2D eigenvalue weighted by Crippen LogP contribution is -2.33. The lowest BCUT2D eigenvalue weighted by Gasteiger charge is -2.29. The Morgan fingerprint density at radius 3 is 2.29 bits per heavy atom. The van der Waals surface area contributed by atoms with Crippen molar-refractivity contribution in [1.82, 2.24) is 0 Å². The van der Waals surface area contributed by atoms with Crippen molar-refractivity contribution in [3.63, 3.8) is 0 Å². The monoisotopic (exact) mass is 252 g/mol. The van der Waals surface area contributed by atoms with E-state index in [1.807, 2.05) is 18.7 Å². The van der Waals surface area contributed by atoms with Crippen LogP contribution in [0.4, 0.5) is 5.69 Å². The quantitative estimate of drug-likeness (QED) is 0.842. The number of anilines is 1. The van der Waals surface area contributed by atoms with Crippen LogP contribution in [0.25, 0.3) is 0 Å². The third-order valence-corrected chi connectivity index (χ3v) is 3.92. The number of thioether (sulfide) groups is 1. The molecule has 1 aromatic rings. The number of hydrogen-bond acceptors (Lipinski definition) is 3. The zero-order valence-electron chi connectivity index (χ0n) is 11.3. The molecule has 0 fully saturated rings. The molecule has 2 atom stereocenters. The summed E-state index contributed by atoms with van der Waals surface area (Å²) in [5, 5.41) is 0. The van der Waals surface area contributed by atoms with Gasteiger partial charge in [0.1, 0.15) is 0 Å². The van der Waals surface area contributed by atoms with Crippen molar-refractivity contribution in [3.8, 4) is 0 Å². The minimum absolute atomic E-state index is 0.113. The first-order valence-corrected chi connectivity index (χ1v) is 7.56. The fourth-order valence-electron chi connectivity index (χ4n) is 1.92. The molecule has 0 amide bonds. The lowest BCUT2D eigenvalue weighted by molar-refractivity contribution is 0.673. The van der Waals surface area contributed by atoms with Gasteiger partial charge in [-0.05, 0) is 37.3 Å². The minimum atomic E-state index is 0.113. The van der Waals surface area contributed by atoms with Crippen molar-refractivity contribution in [2.45, 2.75) is 32.4 Å². The van der Waals surface area contributed by atoms with Crippen LogP contribution in [0.1, 0.15) is 31.9 Å². The van der Waals surface area contributed by atoms with Crippen molar-refractivity contribution in [2.24, 2.45) is 5.73 Å². The first-order valence-electron chi connectivity index (χ1n) is 6.17. The highest BCUT2D eigenvalue weighted by molar-refractivity contribution is 7.98. The van der Waals surface area contributed by atoms with Crippen LogP contribution in [0.3, 0.4) is 0 Å². The predicted octanol–water partition coefficient (Wildman–Crippen LogP) is 3.28. The summed E-state index contributed by atoms with van der Waals surface area (Å²) in [6.45, 7) is 4.26. The van der Waals surface area contributed by atoms with Gasteiger partial charge in [-0.3, -0.25) is 0 Å². The Morgan fingerprint density at radius 2 is 1.88 bits per heavy atom. The van der Waals surface area contributed by atoms with Gasteiger partial charge in [-0.1, -0.05) is 19.1 Å². The van der Waals surface area contributed by atoms with Crippen LogP contribution in [0.2, 0.25) is 0 Å². The molecule has 96 valence electrons.